The number of hydroxylamine groups is 1. The maximum atomic E-state index is 9.09. The summed E-state index contributed by atoms with van der Waals surface area (Å²) < 4.78 is 0. The molecule has 0 unspecified atom stereocenters. The highest BCUT2D eigenvalue weighted by Crippen LogP contribution is 2.04. The maximum absolute atomic E-state index is 9.09. The van der Waals surface area contributed by atoms with E-state index in [1.165, 1.54) is 5.56 Å². The highest BCUT2D eigenvalue weighted by Gasteiger charge is 2.05. The lowest BCUT2D eigenvalue weighted by Crippen LogP contribution is -2.72. The van der Waals surface area contributed by atoms with Crippen molar-refractivity contribution in [2.24, 2.45) is 0 Å². The Hall–Kier alpha value is -2.33. The highest BCUT2D eigenvalue weighted by atomic mass is 16.5. The second kappa shape index (κ2) is 5.84. The zero-order valence-electron chi connectivity index (χ0n) is 10.1. The van der Waals surface area contributed by atoms with Crippen LogP contribution in [0.4, 0.5) is 11.4 Å². The molecular weight excluding hydrogens is 226 g/mol. The Kier molecular flexibility index (Phi) is 3.94. The molecule has 0 heterocycles. The molecule has 18 heavy (non-hydrogen) atoms. The summed E-state index contributed by atoms with van der Waals surface area (Å²) in [5, 5.41) is 12.1. The Morgan fingerprint density at radius 1 is 1.00 bits per heavy atom. The third-order valence-corrected chi connectivity index (χ3v) is 2.48. The standard InChI is InChI=1S/C14H15N3O/c1-11-7-9-13(10-8-11)16-14(17-18)15-12-5-3-2-4-6-12/h2-10,18H,1H3,(H2,15,16,17)/p+1. The van der Waals surface area contributed by atoms with Crippen molar-refractivity contribution >= 4 is 17.3 Å². The van der Waals surface area contributed by atoms with Gasteiger partial charge in [0, 0.05) is 0 Å². The third kappa shape index (κ3) is 3.33. The van der Waals surface area contributed by atoms with E-state index < -0.39 is 0 Å². The van der Waals surface area contributed by atoms with Gasteiger partial charge in [-0.2, -0.15) is 0 Å². The smallest absolute Gasteiger partial charge is 0.243 e. The predicted octanol–water partition coefficient (Wildman–Crippen LogP) is 1.15. The molecule has 0 spiro atoms. The first kappa shape index (κ1) is 12.1. The van der Waals surface area contributed by atoms with Crippen LogP contribution < -0.4 is 15.8 Å². The molecule has 2 aromatic rings. The van der Waals surface area contributed by atoms with Gasteiger partial charge in [-0.25, -0.2) is 15.5 Å². The van der Waals surface area contributed by atoms with E-state index in [1.54, 1.807) is 0 Å². The molecule has 0 amide bonds. The SMILES string of the molecule is Cc1ccc([NH+]=C(NO)Nc2ccccc2)cc1. The van der Waals surface area contributed by atoms with Crippen LogP contribution in [0.1, 0.15) is 5.56 Å². The Balaban J connectivity index is 2.15. The third-order valence-electron chi connectivity index (χ3n) is 2.48. The van der Waals surface area contributed by atoms with Crippen LogP contribution in [0, 0.1) is 6.92 Å². The summed E-state index contributed by atoms with van der Waals surface area (Å²) in [6, 6.07) is 17.5. The van der Waals surface area contributed by atoms with E-state index in [2.05, 4.69) is 15.8 Å². The number of guanidine groups is 1. The molecule has 4 heteroatoms. The number of nitrogens with one attached hydrogen (secondary N) is 3. The van der Waals surface area contributed by atoms with E-state index in [4.69, 9.17) is 5.21 Å². The minimum atomic E-state index is 0.407. The number of benzene rings is 2. The van der Waals surface area contributed by atoms with Gasteiger partial charge in [-0.05, 0) is 31.2 Å². The summed E-state index contributed by atoms with van der Waals surface area (Å²) in [6.07, 6.45) is 0. The fraction of sp³-hybridized carbons (Fsp3) is 0.0714. The van der Waals surface area contributed by atoms with Crippen LogP contribution >= 0.6 is 0 Å². The zero-order valence-corrected chi connectivity index (χ0v) is 10.1. The Bertz CT molecular complexity index is 520. The summed E-state index contributed by atoms with van der Waals surface area (Å²) in [7, 11) is 0. The van der Waals surface area contributed by atoms with Gasteiger partial charge in [0.2, 0.25) is 0 Å². The van der Waals surface area contributed by atoms with Crippen LogP contribution in [-0.4, -0.2) is 11.2 Å². The van der Waals surface area contributed by atoms with Crippen molar-refractivity contribution in [2.45, 2.75) is 6.92 Å². The quantitative estimate of drug-likeness (QED) is 0.363. The van der Waals surface area contributed by atoms with Crippen LogP contribution in [0.25, 0.3) is 0 Å². The fourth-order valence-corrected chi connectivity index (χ4v) is 1.53. The van der Waals surface area contributed by atoms with Gasteiger partial charge in [0.1, 0.15) is 0 Å². The Morgan fingerprint density at radius 2 is 1.67 bits per heavy atom. The molecule has 0 fully saturated rings. The molecule has 0 radical (unpaired) electrons. The van der Waals surface area contributed by atoms with Gasteiger partial charge in [0.15, 0.2) is 0 Å². The second-order valence-electron chi connectivity index (χ2n) is 3.97. The van der Waals surface area contributed by atoms with Crippen molar-refractivity contribution in [3.05, 3.63) is 60.2 Å². The molecule has 0 saturated heterocycles. The van der Waals surface area contributed by atoms with Crippen LogP contribution in [0.15, 0.2) is 54.6 Å². The number of para-hydroxylation sites is 1. The van der Waals surface area contributed by atoms with Gasteiger partial charge in [0.05, 0.1) is 11.4 Å². The molecule has 92 valence electrons. The summed E-state index contributed by atoms with van der Waals surface area (Å²) >= 11 is 0. The van der Waals surface area contributed by atoms with Gasteiger partial charge >= 0.3 is 5.96 Å². The number of anilines is 1. The predicted molar refractivity (Wildman–Crippen MR) is 71.8 cm³/mol. The lowest BCUT2D eigenvalue weighted by Gasteiger charge is -2.01. The minimum Gasteiger partial charge on any atom is -0.243 e. The van der Waals surface area contributed by atoms with E-state index in [9.17, 15) is 0 Å². The lowest BCUT2D eigenvalue weighted by atomic mass is 10.2. The van der Waals surface area contributed by atoms with Crippen molar-refractivity contribution in [3.8, 4) is 0 Å². The van der Waals surface area contributed by atoms with Crippen molar-refractivity contribution < 1.29 is 10.2 Å². The lowest BCUT2D eigenvalue weighted by molar-refractivity contribution is -0.359. The summed E-state index contributed by atoms with van der Waals surface area (Å²) in [5.41, 5.74) is 5.07. The molecule has 0 aliphatic heterocycles. The van der Waals surface area contributed by atoms with E-state index >= 15 is 0 Å². The molecule has 4 N–H and O–H groups in total. The number of hydrogen-bond acceptors (Lipinski definition) is 1. The number of rotatable bonds is 2. The van der Waals surface area contributed by atoms with Crippen molar-refractivity contribution in [1.82, 2.24) is 5.48 Å². The van der Waals surface area contributed by atoms with Crippen LogP contribution in [-0.2, 0) is 0 Å². The van der Waals surface area contributed by atoms with Gasteiger partial charge in [-0.15, -0.1) is 5.48 Å². The minimum absolute atomic E-state index is 0.407. The molecule has 2 aromatic carbocycles. The largest absolute Gasteiger partial charge is 0.381 e. The molecule has 0 aliphatic carbocycles. The average molecular weight is 242 g/mol. The first-order valence-corrected chi connectivity index (χ1v) is 5.71. The first-order valence-electron chi connectivity index (χ1n) is 5.71. The van der Waals surface area contributed by atoms with Gasteiger partial charge in [-0.3, -0.25) is 0 Å². The zero-order chi connectivity index (χ0) is 12.8. The van der Waals surface area contributed by atoms with Gasteiger partial charge in [0.25, 0.3) is 0 Å². The van der Waals surface area contributed by atoms with E-state index in [0.29, 0.717) is 5.96 Å². The molecule has 2 rings (SSSR count). The van der Waals surface area contributed by atoms with E-state index in [1.807, 2.05) is 61.5 Å². The number of hydrogen-bond donors (Lipinski definition) is 4. The fourth-order valence-electron chi connectivity index (χ4n) is 1.53. The molecular formula is C14H16N3O+. The first-order chi connectivity index (χ1) is 8.78. The molecule has 0 aliphatic rings. The van der Waals surface area contributed by atoms with Crippen LogP contribution in [0.3, 0.4) is 0 Å². The highest BCUT2D eigenvalue weighted by molar-refractivity contribution is 5.88. The van der Waals surface area contributed by atoms with Crippen LogP contribution in [0.2, 0.25) is 0 Å². The summed E-state index contributed by atoms with van der Waals surface area (Å²) in [4.78, 5) is 3.05. The van der Waals surface area contributed by atoms with Crippen LogP contribution in [0.5, 0.6) is 0 Å². The molecule has 0 saturated carbocycles. The number of aryl methyl sites for hydroxylation is 1. The molecule has 0 bridgehead atoms. The molecule has 0 aromatic heterocycles. The Morgan fingerprint density at radius 3 is 2.28 bits per heavy atom. The average Bonchev–Trinajstić information content (AvgIpc) is 2.41. The second-order valence-corrected chi connectivity index (χ2v) is 3.97. The van der Waals surface area contributed by atoms with Crippen molar-refractivity contribution in [3.63, 3.8) is 0 Å². The molecule has 0 atom stereocenters. The normalized spacial score (nSPS) is 11.1. The van der Waals surface area contributed by atoms with Gasteiger partial charge in [-0.1, -0.05) is 35.9 Å². The Labute approximate surface area is 106 Å². The summed E-state index contributed by atoms with van der Waals surface area (Å²) in [5.74, 6) is 0.407. The van der Waals surface area contributed by atoms with E-state index in [-0.39, 0.29) is 0 Å². The summed E-state index contributed by atoms with van der Waals surface area (Å²) in [6.45, 7) is 2.03. The van der Waals surface area contributed by atoms with E-state index in [0.717, 1.165) is 11.4 Å². The monoisotopic (exact) mass is 242 g/mol. The topological polar surface area (TPSA) is 58.3 Å². The van der Waals surface area contributed by atoms with Crippen molar-refractivity contribution in [2.75, 3.05) is 5.32 Å². The molecule has 4 nitrogen and oxygen atoms in total. The van der Waals surface area contributed by atoms with Crippen molar-refractivity contribution in [1.29, 1.82) is 0 Å². The van der Waals surface area contributed by atoms with Gasteiger partial charge < -0.3 is 0 Å². The maximum Gasteiger partial charge on any atom is 0.381 e.